The molecule has 0 amide bonds. The summed E-state index contributed by atoms with van der Waals surface area (Å²) in [6.07, 6.45) is 0. The minimum atomic E-state index is 0.0224. The van der Waals surface area contributed by atoms with Gasteiger partial charge in [0.25, 0.3) is 0 Å². The molecule has 0 saturated carbocycles. The Kier molecular flexibility index (Phi) is 3.15. The molecule has 0 heteroatoms. The van der Waals surface area contributed by atoms with Crippen LogP contribution in [-0.2, 0) is 5.41 Å². The predicted octanol–water partition coefficient (Wildman–Crippen LogP) is 7.12. The lowest BCUT2D eigenvalue weighted by Crippen LogP contribution is -2.15. The molecular formula is C26H22. The summed E-state index contributed by atoms with van der Waals surface area (Å²) in [5, 5.41) is 2.70. The maximum Gasteiger partial charge on any atom is 0.0159 e. The summed E-state index contributed by atoms with van der Waals surface area (Å²) in [4.78, 5) is 0. The van der Waals surface area contributed by atoms with Gasteiger partial charge < -0.3 is 0 Å². The molecular weight excluding hydrogens is 312 g/mol. The molecule has 0 atom stereocenters. The Morgan fingerprint density at radius 3 is 2.15 bits per heavy atom. The minimum Gasteiger partial charge on any atom is -0.0619 e. The predicted molar refractivity (Wildman–Crippen MR) is 112 cm³/mol. The van der Waals surface area contributed by atoms with Crippen LogP contribution in [0.15, 0.2) is 78.9 Å². The number of aryl methyl sites for hydroxylation is 1. The lowest BCUT2D eigenvalue weighted by Gasteiger charge is -2.23. The molecule has 4 aromatic carbocycles. The smallest absolute Gasteiger partial charge is 0.0159 e. The van der Waals surface area contributed by atoms with Crippen LogP contribution in [0, 0.1) is 6.92 Å². The number of hydrogen-bond donors (Lipinski definition) is 0. The standard InChI is InChI=1S/C26H22/c1-17-9-8-10-18(15-17)22-16-24-25(20-12-5-4-11-19(20)22)21-13-6-7-14-23(21)26(24,2)3/h4-16H,1-3H3. The molecule has 1 aliphatic carbocycles. The van der Waals surface area contributed by atoms with Crippen molar-refractivity contribution in [2.75, 3.05) is 0 Å². The van der Waals surface area contributed by atoms with Crippen LogP contribution in [-0.4, -0.2) is 0 Å². The quantitative estimate of drug-likeness (QED) is 0.347. The van der Waals surface area contributed by atoms with E-state index < -0.39 is 0 Å². The van der Waals surface area contributed by atoms with E-state index in [9.17, 15) is 0 Å². The van der Waals surface area contributed by atoms with Crippen LogP contribution in [0.3, 0.4) is 0 Å². The van der Waals surface area contributed by atoms with Gasteiger partial charge in [0.05, 0.1) is 0 Å². The second-order valence-corrected chi connectivity index (χ2v) is 7.93. The molecule has 0 saturated heterocycles. The molecule has 0 bridgehead atoms. The van der Waals surface area contributed by atoms with Gasteiger partial charge >= 0.3 is 0 Å². The van der Waals surface area contributed by atoms with E-state index in [1.54, 1.807) is 0 Å². The van der Waals surface area contributed by atoms with Crippen LogP contribution in [0.4, 0.5) is 0 Å². The van der Waals surface area contributed by atoms with Crippen molar-refractivity contribution in [2.24, 2.45) is 0 Å². The van der Waals surface area contributed by atoms with Gasteiger partial charge in [0.1, 0.15) is 0 Å². The van der Waals surface area contributed by atoms with Crippen molar-refractivity contribution >= 4 is 10.8 Å². The highest BCUT2D eigenvalue weighted by atomic mass is 14.4. The number of rotatable bonds is 1. The van der Waals surface area contributed by atoms with E-state index in [0.29, 0.717) is 0 Å². The minimum absolute atomic E-state index is 0.0224. The molecule has 0 unspecified atom stereocenters. The molecule has 26 heavy (non-hydrogen) atoms. The van der Waals surface area contributed by atoms with Crippen molar-refractivity contribution in [3.05, 3.63) is 95.6 Å². The fourth-order valence-electron chi connectivity index (χ4n) is 4.60. The van der Waals surface area contributed by atoms with Gasteiger partial charge in [0, 0.05) is 5.41 Å². The Bertz CT molecular complexity index is 1160. The molecule has 0 aromatic heterocycles. The van der Waals surface area contributed by atoms with E-state index >= 15 is 0 Å². The lowest BCUT2D eigenvalue weighted by molar-refractivity contribution is 0.661. The second kappa shape index (κ2) is 5.32. The van der Waals surface area contributed by atoms with Gasteiger partial charge in [-0.25, -0.2) is 0 Å². The summed E-state index contributed by atoms with van der Waals surface area (Å²) in [5.41, 5.74) is 9.64. The zero-order valence-electron chi connectivity index (χ0n) is 15.5. The third-order valence-electron chi connectivity index (χ3n) is 5.92. The third-order valence-corrected chi connectivity index (χ3v) is 5.92. The van der Waals surface area contributed by atoms with Gasteiger partial charge in [-0.05, 0) is 57.1 Å². The van der Waals surface area contributed by atoms with E-state index in [-0.39, 0.29) is 5.41 Å². The molecule has 0 nitrogen and oxygen atoms in total. The van der Waals surface area contributed by atoms with Gasteiger partial charge in [-0.3, -0.25) is 0 Å². The van der Waals surface area contributed by atoms with Gasteiger partial charge in [-0.1, -0.05) is 92.2 Å². The molecule has 0 aliphatic heterocycles. The fraction of sp³-hybridized carbons (Fsp3) is 0.154. The topological polar surface area (TPSA) is 0 Å². The molecule has 0 radical (unpaired) electrons. The second-order valence-electron chi connectivity index (χ2n) is 7.93. The van der Waals surface area contributed by atoms with Crippen molar-refractivity contribution in [1.82, 2.24) is 0 Å². The molecule has 0 N–H and O–H groups in total. The largest absolute Gasteiger partial charge is 0.0619 e. The monoisotopic (exact) mass is 334 g/mol. The van der Waals surface area contributed by atoms with E-state index in [1.165, 1.54) is 49.7 Å². The van der Waals surface area contributed by atoms with Crippen molar-refractivity contribution in [2.45, 2.75) is 26.2 Å². The molecule has 0 heterocycles. The molecule has 4 aromatic rings. The molecule has 0 fully saturated rings. The van der Waals surface area contributed by atoms with E-state index in [1.807, 2.05) is 0 Å². The van der Waals surface area contributed by atoms with Crippen LogP contribution < -0.4 is 0 Å². The van der Waals surface area contributed by atoms with Crippen molar-refractivity contribution < 1.29 is 0 Å². The fourth-order valence-corrected chi connectivity index (χ4v) is 4.60. The van der Waals surface area contributed by atoms with Crippen LogP contribution >= 0.6 is 0 Å². The maximum absolute atomic E-state index is 2.44. The van der Waals surface area contributed by atoms with Crippen molar-refractivity contribution in [3.8, 4) is 22.3 Å². The van der Waals surface area contributed by atoms with Crippen molar-refractivity contribution in [3.63, 3.8) is 0 Å². The van der Waals surface area contributed by atoms with Crippen molar-refractivity contribution in [1.29, 1.82) is 0 Å². The first-order chi connectivity index (χ1) is 12.6. The van der Waals surface area contributed by atoms with Gasteiger partial charge in [0.2, 0.25) is 0 Å². The first-order valence-corrected chi connectivity index (χ1v) is 9.30. The summed E-state index contributed by atoms with van der Waals surface area (Å²) in [7, 11) is 0. The van der Waals surface area contributed by atoms with Gasteiger partial charge in [-0.15, -0.1) is 0 Å². The number of hydrogen-bond acceptors (Lipinski definition) is 0. The van der Waals surface area contributed by atoms with Gasteiger partial charge in [0.15, 0.2) is 0 Å². The number of benzene rings is 4. The summed E-state index contributed by atoms with van der Waals surface area (Å²) in [6.45, 7) is 6.87. The highest BCUT2D eigenvalue weighted by molar-refractivity contribution is 6.08. The Morgan fingerprint density at radius 1 is 0.615 bits per heavy atom. The first kappa shape index (κ1) is 15.4. The summed E-state index contributed by atoms with van der Waals surface area (Å²) in [5.74, 6) is 0. The number of fused-ring (bicyclic) bond motifs is 5. The summed E-state index contributed by atoms with van der Waals surface area (Å²) in [6, 6.07) is 29.0. The zero-order valence-corrected chi connectivity index (χ0v) is 15.5. The molecule has 5 rings (SSSR count). The summed E-state index contributed by atoms with van der Waals surface area (Å²) >= 11 is 0. The van der Waals surface area contributed by atoms with Gasteiger partial charge in [-0.2, -0.15) is 0 Å². The Hall–Kier alpha value is -2.86. The van der Waals surface area contributed by atoms with E-state index in [4.69, 9.17) is 0 Å². The first-order valence-electron chi connectivity index (χ1n) is 9.30. The zero-order chi connectivity index (χ0) is 17.9. The average molecular weight is 334 g/mol. The Balaban J connectivity index is 1.94. The van der Waals surface area contributed by atoms with E-state index in [0.717, 1.165) is 0 Å². The Labute approximate surface area is 155 Å². The highest BCUT2D eigenvalue weighted by Gasteiger charge is 2.36. The lowest BCUT2D eigenvalue weighted by atomic mass is 9.80. The van der Waals surface area contributed by atoms with Crippen LogP contribution in [0.2, 0.25) is 0 Å². The van der Waals surface area contributed by atoms with E-state index in [2.05, 4.69) is 99.6 Å². The maximum atomic E-state index is 2.44. The molecule has 0 spiro atoms. The van der Waals surface area contributed by atoms with Crippen LogP contribution in [0.5, 0.6) is 0 Å². The third kappa shape index (κ3) is 2.02. The highest BCUT2D eigenvalue weighted by Crippen LogP contribution is 2.52. The van der Waals surface area contributed by atoms with Crippen LogP contribution in [0.25, 0.3) is 33.0 Å². The molecule has 1 aliphatic rings. The summed E-state index contributed by atoms with van der Waals surface area (Å²) < 4.78 is 0. The Morgan fingerprint density at radius 2 is 1.35 bits per heavy atom. The molecule has 126 valence electrons. The normalized spacial score (nSPS) is 14.3. The SMILES string of the molecule is Cc1cccc(-c2cc3c(c4ccccc24)-c2ccccc2C3(C)C)c1. The van der Waals surface area contributed by atoms with Crippen LogP contribution in [0.1, 0.15) is 30.5 Å². The average Bonchev–Trinajstić information content (AvgIpc) is 2.89.